The molecule has 2 aromatic carbocycles. The highest BCUT2D eigenvalue weighted by Crippen LogP contribution is 2.31. The second-order valence-electron chi connectivity index (χ2n) is 4.48. The lowest BCUT2D eigenvalue weighted by molar-refractivity contribution is 0.390. The molecule has 1 atom stereocenters. The largest absolute Gasteiger partial charge is 0.497 e. The van der Waals surface area contributed by atoms with Gasteiger partial charge in [-0.05, 0) is 37.3 Å². The minimum Gasteiger partial charge on any atom is -0.497 e. The van der Waals surface area contributed by atoms with E-state index in [9.17, 15) is 4.39 Å². The summed E-state index contributed by atoms with van der Waals surface area (Å²) in [4.78, 5) is 0. The summed E-state index contributed by atoms with van der Waals surface area (Å²) in [6.07, 6.45) is 0. The normalized spacial score (nSPS) is 11.8. The minimum atomic E-state index is -0.260. The van der Waals surface area contributed by atoms with E-state index in [-0.39, 0.29) is 11.9 Å². The molecular weight excluding hydrogens is 257 g/mol. The lowest BCUT2D eigenvalue weighted by atomic mass is 10.1. The summed E-state index contributed by atoms with van der Waals surface area (Å²) in [6, 6.07) is 12.0. The molecule has 0 aliphatic rings. The Morgan fingerprint density at radius 1 is 1.05 bits per heavy atom. The first-order chi connectivity index (χ1) is 9.63. The van der Waals surface area contributed by atoms with Gasteiger partial charge in [0, 0.05) is 17.3 Å². The first-order valence-corrected chi connectivity index (χ1v) is 6.38. The Hall–Kier alpha value is -2.23. The highest BCUT2D eigenvalue weighted by molar-refractivity contribution is 5.49. The molecule has 0 aliphatic carbocycles. The summed E-state index contributed by atoms with van der Waals surface area (Å²) in [6.45, 7) is 2.00. The number of nitrogens with one attached hydrogen (secondary N) is 1. The molecule has 0 fully saturated rings. The quantitative estimate of drug-likeness (QED) is 0.894. The highest BCUT2D eigenvalue weighted by atomic mass is 19.1. The van der Waals surface area contributed by atoms with Gasteiger partial charge >= 0.3 is 0 Å². The van der Waals surface area contributed by atoms with Crippen LogP contribution in [0.4, 0.5) is 10.1 Å². The molecule has 4 heteroatoms. The number of anilines is 1. The Kier molecular flexibility index (Phi) is 4.45. The molecule has 1 unspecified atom stereocenters. The van der Waals surface area contributed by atoms with Crippen LogP contribution in [0, 0.1) is 5.82 Å². The van der Waals surface area contributed by atoms with E-state index in [0.29, 0.717) is 0 Å². The lowest BCUT2D eigenvalue weighted by Crippen LogP contribution is -2.08. The molecule has 0 amide bonds. The van der Waals surface area contributed by atoms with Gasteiger partial charge in [-0.25, -0.2) is 4.39 Å². The van der Waals surface area contributed by atoms with Crippen LogP contribution in [-0.4, -0.2) is 14.2 Å². The summed E-state index contributed by atoms with van der Waals surface area (Å²) in [5, 5.41) is 3.25. The lowest BCUT2D eigenvalue weighted by Gasteiger charge is -2.19. The standard InChI is InChI=1S/C16H18FNO2/c1-11(18-13-6-4-5-12(17)9-13)15-8-7-14(19-2)10-16(15)20-3/h4-11,18H,1-3H3. The second-order valence-corrected chi connectivity index (χ2v) is 4.48. The fraction of sp³-hybridized carbons (Fsp3) is 0.250. The van der Waals surface area contributed by atoms with E-state index in [2.05, 4.69) is 5.32 Å². The van der Waals surface area contributed by atoms with Crippen LogP contribution < -0.4 is 14.8 Å². The van der Waals surface area contributed by atoms with Crippen LogP contribution in [0.5, 0.6) is 11.5 Å². The molecule has 20 heavy (non-hydrogen) atoms. The van der Waals surface area contributed by atoms with Gasteiger partial charge < -0.3 is 14.8 Å². The monoisotopic (exact) mass is 275 g/mol. The van der Waals surface area contributed by atoms with Gasteiger partial charge in [0.1, 0.15) is 17.3 Å². The van der Waals surface area contributed by atoms with Gasteiger partial charge in [-0.15, -0.1) is 0 Å². The van der Waals surface area contributed by atoms with Crippen molar-refractivity contribution in [1.29, 1.82) is 0 Å². The van der Waals surface area contributed by atoms with Crippen LogP contribution in [0.1, 0.15) is 18.5 Å². The summed E-state index contributed by atoms with van der Waals surface area (Å²) in [5.41, 5.74) is 1.72. The Morgan fingerprint density at radius 2 is 1.85 bits per heavy atom. The van der Waals surface area contributed by atoms with E-state index >= 15 is 0 Å². The Balaban J connectivity index is 2.22. The fourth-order valence-corrected chi connectivity index (χ4v) is 2.08. The number of hydrogen-bond acceptors (Lipinski definition) is 3. The van der Waals surface area contributed by atoms with E-state index in [1.54, 1.807) is 20.3 Å². The maximum Gasteiger partial charge on any atom is 0.127 e. The molecule has 0 saturated carbocycles. The molecule has 0 heterocycles. The van der Waals surface area contributed by atoms with Crippen LogP contribution in [0.15, 0.2) is 42.5 Å². The predicted molar refractivity (Wildman–Crippen MR) is 78.0 cm³/mol. The molecule has 2 rings (SSSR count). The van der Waals surface area contributed by atoms with Crippen molar-refractivity contribution in [1.82, 2.24) is 0 Å². The van der Waals surface area contributed by atoms with Crippen LogP contribution in [0.25, 0.3) is 0 Å². The fourth-order valence-electron chi connectivity index (χ4n) is 2.08. The molecule has 3 nitrogen and oxygen atoms in total. The van der Waals surface area contributed by atoms with E-state index in [4.69, 9.17) is 9.47 Å². The number of ether oxygens (including phenoxy) is 2. The van der Waals surface area contributed by atoms with E-state index in [1.165, 1.54) is 12.1 Å². The topological polar surface area (TPSA) is 30.5 Å². The first kappa shape index (κ1) is 14.2. The molecular formula is C16H18FNO2. The number of halogens is 1. The van der Waals surface area contributed by atoms with Crippen molar-refractivity contribution in [2.24, 2.45) is 0 Å². The van der Waals surface area contributed by atoms with E-state index in [1.807, 2.05) is 31.2 Å². The molecule has 0 saturated heterocycles. The third-order valence-electron chi connectivity index (χ3n) is 3.11. The average Bonchev–Trinajstić information content (AvgIpc) is 2.46. The Labute approximate surface area is 118 Å². The molecule has 0 aliphatic heterocycles. The van der Waals surface area contributed by atoms with Crippen molar-refractivity contribution in [3.63, 3.8) is 0 Å². The Bertz CT molecular complexity index is 586. The first-order valence-electron chi connectivity index (χ1n) is 6.38. The second kappa shape index (κ2) is 6.28. The number of hydrogen-bond donors (Lipinski definition) is 1. The Morgan fingerprint density at radius 3 is 2.50 bits per heavy atom. The van der Waals surface area contributed by atoms with Crippen molar-refractivity contribution in [2.45, 2.75) is 13.0 Å². The molecule has 0 aromatic heterocycles. The zero-order chi connectivity index (χ0) is 14.5. The maximum absolute atomic E-state index is 13.2. The SMILES string of the molecule is COc1ccc(C(C)Nc2cccc(F)c2)c(OC)c1. The van der Waals surface area contributed by atoms with Crippen molar-refractivity contribution >= 4 is 5.69 Å². The number of benzene rings is 2. The van der Waals surface area contributed by atoms with Gasteiger partial charge in [-0.2, -0.15) is 0 Å². The van der Waals surface area contributed by atoms with Gasteiger partial charge in [0.2, 0.25) is 0 Å². The molecule has 106 valence electrons. The third kappa shape index (κ3) is 3.20. The van der Waals surface area contributed by atoms with Crippen molar-refractivity contribution in [3.05, 3.63) is 53.8 Å². The summed E-state index contributed by atoms with van der Waals surface area (Å²) >= 11 is 0. The van der Waals surface area contributed by atoms with Crippen LogP contribution >= 0.6 is 0 Å². The van der Waals surface area contributed by atoms with Crippen molar-refractivity contribution in [3.8, 4) is 11.5 Å². The number of rotatable bonds is 5. The zero-order valence-electron chi connectivity index (χ0n) is 11.8. The zero-order valence-corrected chi connectivity index (χ0v) is 11.8. The van der Waals surface area contributed by atoms with Crippen LogP contribution in [0.3, 0.4) is 0 Å². The predicted octanol–water partition coefficient (Wildman–Crippen LogP) is 4.02. The van der Waals surface area contributed by atoms with Gasteiger partial charge in [0.15, 0.2) is 0 Å². The molecule has 1 N–H and O–H groups in total. The van der Waals surface area contributed by atoms with E-state index in [0.717, 1.165) is 22.7 Å². The summed E-state index contributed by atoms with van der Waals surface area (Å²) in [7, 11) is 3.23. The highest BCUT2D eigenvalue weighted by Gasteiger charge is 2.12. The molecule has 0 bridgehead atoms. The van der Waals surface area contributed by atoms with Gasteiger partial charge in [0.25, 0.3) is 0 Å². The summed E-state index contributed by atoms with van der Waals surface area (Å²) < 4.78 is 23.7. The average molecular weight is 275 g/mol. The van der Waals surface area contributed by atoms with Gasteiger partial charge in [-0.3, -0.25) is 0 Å². The molecule has 0 radical (unpaired) electrons. The third-order valence-corrected chi connectivity index (χ3v) is 3.11. The van der Waals surface area contributed by atoms with E-state index < -0.39 is 0 Å². The van der Waals surface area contributed by atoms with Crippen LogP contribution in [-0.2, 0) is 0 Å². The molecule has 2 aromatic rings. The smallest absolute Gasteiger partial charge is 0.127 e. The van der Waals surface area contributed by atoms with Gasteiger partial charge in [0.05, 0.1) is 20.3 Å². The summed E-state index contributed by atoms with van der Waals surface area (Å²) in [5.74, 6) is 1.22. The van der Waals surface area contributed by atoms with Crippen LogP contribution in [0.2, 0.25) is 0 Å². The van der Waals surface area contributed by atoms with Gasteiger partial charge in [-0.1, -0.05) is 6.07 Å². The number of methoxy groups -OCH3 is 2. The maximum atomic E-state index is 13.2. The van der Waals surface area contributed by atoms with Crippen molar-refractivity contribution in [2.75, 3.05) is 19.5 Å². The minimum absolute atomic E-state index is 0.0161. The van der Waals surface area contributed by atoms with Crippen molar-refractivity contribution < 1.29 is 13.9 Å². The molecule has 0 spiro atoms.